The molecule has 0 radical (unpaired) electrons. The highest BCUT2D eigenvalue weighted by molar-refractivity contribution is 7.14. The zero-order chi connectivity index (χ0) is 25.1. The summed E-state index contributed by atoms with van der Waals surface area (Å²) in [5.41, 5.74) is 3.28. The van der Waals surface area contributed by atoms with Gasteiger partial charge in [0.05, 0.1) is 30.5 Å². The van der Waals surface area contributed by atoms with Gasteiger partial charge in [-0.15, -0.1) is 11.3 Å². The number of ether oxygens (including phenoxy) is 1. The molecule has 5 rings (SSSR count). The van der Waals surface area contributed by atoms with Crippen LogP contribution in [0.15, 0.2) is 90.3 Å². The molecule has 2 unspecified atom stereocenters. The fourth-order valence-corrected chi connectivity index (χ4v) is 5.58. The molecule has 2 heterocycles. The number of carbonyl (C=O) groups is 2. The summed E-state index contributed by atoms with van der Waals surface area (Å²) >= 11 is 1.44. The Morgan fingerprint density at radius 3 is 2.28 bits per heavy atom. The number of piperidine rings is 1. The van der Waals surface area contributed by atoms with Crippen molar-refractivity contribution >= 4 is 39.7 Å². The summed E-state index contributed by atoms with van der Waals surface area (Å²) in [6.07, 6.45) is 0.739. The van der Waals surface area contributed by atoms with E-state index < -0.39 is 12.0 Å². The maximum Gasteiger partial charge on any atom is 0.238 e. The van der Waals surface area contributed by atoms with E-state index in [1.165, 1.54) is 11.3 Å². The minimum absolute atomic E-state index is 0.00516. The topological polar surface area (TPSA) is 62.7 Å². The molecule has 1 aliphatic rings. The van der Waals surface area contributed by atoms with Crippen LogP contribution in [-0.4, -0.2) is 23.9 Å². The molecule has 1 fully saturated rings. The largest absolute Gasteiger partial charge is 0.497 e. The van der Waals surface area contributed by atoms with Crippen molar-refractivity contribution in [2.45, 2.75) is 25.8 Å². The Bertz CT molecular complexity index is 1340. The van der Waals surface area contributed by atoms with Gasteiger partial charge in [0.1, 0.15) is 5.75 Å². The average molecular weight is 498 g/mol. The van der Waals surface area contributed by atoms with Crippen molar-refractivity contribution in [1.82, 2.24) is 4.98 Å². The van der Waals surface area contributed by atoms with Crippen molar-refractivity contribution in [3.63, 3.8) is 0 Å². The van der Waals surface area contributed by atoms with E-state index >= 15 is 0 Å². The van der Waals surface area contributed by atoms with Crippen molar-refractivity contribution in [2.75, 3.05) is 16.9 Å². The highest BCUT2D eigenvalue weighted by Crippen LogP contribution is 2.43. The minimum atomic E-state index is -0.461. The summed E-state index contributed by atoms with van der Waals surface area (Å²) in [4.78, 5) is 35.9. The number of hydrogen-bond acceptors (Lipinski definition) is 5. The van der Waals surface area contributed by atoms with Gasteiger partial charge < -0.3 is 9.64 Å². The normalized spacial score (nSPS) is 17.6. The summed E-state index contributed by atoms with van der Waals surface area (Å²) in [7, 11) is 1.61. The van der Waals surface area contributed by atoms with Crippen LogP contribution in [0.5, 0.6) is 5.75 Å². The van der Waals surface area contributed by atoms with Crippen LogP contribution >= 0.6 is 11.3 Å². The van der Waals surface area contributed by atoms with Crippen molar-refractivity contribution in [1.29, 1.82) is 0 Å². The molecule has 1 aliphatic heterocycles. The Labute approximate surface area is 214 Å². The molecular weight excluding hydrogens is 470 g/mol. The molecule has 1 saturated heterocycles. The van der Waals surface area contributed by atoms with Gasteiger partial charge in [0.2, 0.25) is 11.8 Å². The minimum Gasteiger partial charge on any atom is -0.497 e. The fourth-order valence-electron chi connectivity index (χ4n) is 4.75. The molecule has 1 aromatic heterocycles. The monoisotopic (exact) mass is 497 g/mol. The van der Waals surface area contributed by atoms with Crippen molar-refractivity contribution in [3.8, 4) is 5.75 Å². The highest BCUT2D eigenvalue weighted by Gasteiger charge is 2.43. The molecule has 7 heteroatoms. The fraction of sp³-hybridized carbons (Fsp3) is 0.207. The van der Waals surface area contributed by atoms with Crippen molar-refractivity contribution in [3.05, 3.63) is 102 Å². The first-order valence-corrected chi connectivity index (χ1v) is 12.8. The van der Waals surface area contributed by atoms with Gasteiger partial charge in [-0.25, -0.2) is 4.98 Å². The second-order valence-corrected chi connectivity index (χ2v) is 9.58. The lowest BCUT2D eigenvalue weighted by Gasteiger charge is -2.42. The number of thiazole rings is 1. The second kappa shape index (κ2) is 10.3. The van der Waals surface area contributed by atoms with Crippen LogP contribution in [0, 0.1) is 12.8 Å². The molecule has 0 spiro atoms. The van der Waals surface area contributed by atoms with Crippen molar-refractivity contribution < 1.29 is 14.3 Å². The third-order valence-corrected chi connectivity index (χ3v) is 7.38. The van der Waals surface area contributed by atoms with Gasteiger partial charge in [0, 0.05) is 17.5 Å². The van der Waals surface area contributed by atoms with Gasteiger partial charge in [0.25, 0.3) is 0 Å². The number of hydrogen-bond donors (Lipinski definition) is 0. The van der Waals surface area contributed by atoms with E-state index in [1.54, 1.807) is 16.9 Å². The molecule has 0 bridgehead atoms. The van der Waals surface area contributed by atoms with Gasteiger partial charge in [-0.2, -0.15) is 0 Å². The number of rotatable bonds is 6. The predicted molar refractivity (Wildman–Crippen MR) is 143 cm³/mol. The summed E-state index contributed by atoms with van der Waals surface area (Å²) in [6.45, 7) is 1.92. The summed E-state index contributed by atoms with van der Waals surface area (Å²) in [5, 5.41) is 2.57. The molecule has 2 amide bonds. The lowest BCUT2D eigenvalue weighted by Crippen LogP contribution is -2.48. The first-order valence-electron chi connectivity index (χ1n) is 11.9. The average Bonchev–Trinajstić information content (AvgIpc) is 3.35. The Kier molecular flexibility index (Phi) is 6.82. The van der Waals surface area contributed by atoms with Crippen LogP contribution < -0.4 is 14.5 Å². The Balaban J connectivity index is 1.61. The Hall–Kier alpha value is -3.97. The number of anilines is 3. The van der Waals surface area contributed by atoms with Gasteiger partial charge in [-0.1, -0.05) is 48.5 Å². The molecule has 4 aromatic rings. The van der Waals surface area contributed by atoms with Crippen LogP contribution in [-0.2, 0) is 9.59 Å². The molecule has 3 aromatic carbocycles. The zero-order valence-electron chi connectivity index (χ0n) is 20.2. The van der Waals surface area contributed by atoms with Gasteiger partial charge >= 0.3 is 0 Å². The molecule has 6 nitrogen and oxygen atoms in total. The number of aromatic nitrogens is 1. The van der Waals surface area contributed by atoms with E-state index in [1.807, 2.05) is 97.2 Å². The summed E-state index contributed by atoms with van der Waals surface area (Å²) in [5.74, 6) is 0.169. The third-order valence-electron chi connectivity index (χ3n) is 6.44. The lowest BCUT2D eigenvalue weighted by molar-refractivity contribution is -0.127. The number of nitrogens with zero attached hydrogens (tertiary/aromatic N) is 3. The first-order chi connectivity index (χ1) is 17.6. The predicted octanol–water partition coefficient (Wildman–Crippen LogP) is 6.31. The third kappa shape index (κ3) is 4.62. The number of methoxy groups -OCH3 is 1. The zero-order valence-corrected chi connectivity index (χ0v) is 21.0. The summed E-state index contributed by atoms with van der Waals surface area (Å²) in [6, 6.07) is 26.4. The number of aryl methyl sites for hydroxylation is 1. The Morgan fingerprint density at radius 2 is 1.67 bits per heavy atom. The molecule has 0 saturated carbocycles. The smallest absolute Gasteiger partial charge is 0.238 e. The molecular formula is C29H27N3O3S. The van der Waals surface area contributed by atoms with E-state index in [0.717, 1.165) is 22.6 Å². The van der Waals surface area contributed by atoms with E-state index in [-0.39, 0.29) is 18.2 Å². The molecule has 182 valence electrons. The number of benzene rings is 3. The van der Waals surface area contributed by atoms with Crippen LogP contribution in [0.1, 0.15) is 30.1 Å². The van der Waals surface area contributed by atoms with E-state index in [9.17, 15) is 9.59 Å². The molecule has 36 heavy (non-hydrogen) atoms. The second-order valence-electron chi connectivity index (χ2n) is 8.74. The quantitative estimate of drug-likeness (QED) is 0.313. The van der Waals surface area contributed by atoms with Gasteiger partial charge in [-0.05, 0) is 55.3 Å². The van der Waals surface area contributed by atoms with Gasteiger partial charge in [0.15, 0.2) is 5.13 Å². The lowest BCUT2D eigenvalue weighted by atomic mass is 9.82. The number of para-hydroxylation sites is 1. The van der Waals surface area contributed by atoms with E-state index in [2.05, 4.69) is 4.98 Å². The van der Waals surface area contributed by atoms with Crippen LogP contribution in [0.4, 0.5) is 16.5 Å². The van der Waals surface area contributed by atoms with E-state index in [4.69, 9.17) is 4.74 Å². The number of carbonyl (C=O) groups excluding carboxylic acids is 2. The molecule has 2 atom stereocenters. The number of amides is 2. The first kappa shape index (κ1) is 23.8. The maximum absolute atomic E-state index is 14.4. The van der Waals surface area contributed by atoms with Crippen LogP contribution in [0.25, 0.3) is 0 Å². The van der Waals surface area contributed by atoms with Crippen LogP contribution in [0.3, 0.4) is 0 Å². The standard InChI is InChI=1S/C29H27N3O3S/c1-20-19-36-29(30-20)32(22-11-7-4-8-12-22)28(34)25-17-18-26(33)31(23-13-15-24(35-2)16-14-23)27(25)21-9-5-3-6-10-21/h3-16,19,25,27H,17-18H2,1-2H3. The van der Waals surface area contributed by atoms with Crippen molar-refractivity contribution in [2.24, 2.45) is 5.92 Å². The molecule has 0 N–H and O–H groups in total. The summed E-state index contributed by atoms with van der Waals surface area (Å²) < 4.78 is 5.32. The highest BCUT2D eigenvalue weighted by atomic mass is 32.1. The van der Waals surface area contributed by atoms with E-state index in [0.29, 0.717) is 17.3 Å². The van der Waals surface area contributed by atoms with Crippen LogP contribution in [0.2, 0.25) is 0 Å². The SMILES string of the molecule is COc1ccc(N2C(=O)CCC(C(=O)N(c3ccccc3)c3nc(C)cs3)C2c2ccccc2)cc1. The Morgan fingerprint density at radius 1 is 1.00 bits per heavy atom. The van der Waals surface area contributed by atoms with Gasteiger partial charge in [-0.3, -0.25) is 14.5 Å². The maximum atomic E-state index is 14.4. The molecule has 0 aliphatic carbocycles.